The Morgan fingerprint density at radius 1 is 1.50 bits per heavy atom. The molecule has 0 spiro atoms. The third-order valence-electron chi connectivity index (χ3n) is 1.85. The summed E-state index contributed by atoms with van der Waals surface area (Å²) in [7, 11) is 0. The number of nitro benzene ring substituents is 1. The molecule has 6 heteroatoms. The summed E-state index contributed by atoms with van der Waals surface area (Å²) in [5.41, 5.74) is 11.3. The van der Waals surface area contributed by atoms with Crippen molar-refractivity contribution in [2.24, 2.45) is 5.73 Å². The maximum absolute atomic E-state index is 10.4. The predicted molar refractivity (Wildman–Crippen MR) is 51.9 cm³/mol. The van der Waals surface area contributed by atoms with Crippen molar-refractivity contribution in [3.63, 3.8) is 0 Å². The van der Waals surface area contributed by atoms with Gasteiger partial charge >= 0.3 is 0 Å². The molecular formula is C8H11N3O3. The maximum atomic E-state index is 10.4. The molecule has 1 aromatic carbocycles. The van der Waals surface area contributed by atoms with Crippen LogP contribution < -0.4 is 11.5 Å². The standard InChI is InChI=1S/C8H11N3O3/c9-2-1-6-7(10)3-5(11(13)14)4-8(6)12/h3-4,12H,1-2,9-10H2. The third kappa shape index (κ3) is 1.91. The van der Waals surface area contributed by atoms with E-state index in [0.29, 0.717) is 18.5 Å². The van der Waals surface area contributed by atoms with Gasteiger partial charge in [-0.05, 0) is 13.0 Å². The van der Waals surface area contributed by atoms with Crippen molar-refractivity contribution in [1.29, 1.82) is 0 Å². The third-order valence-corrected chi connectivity index (χ3v) is 1.85. The molecule has 0 aliphatic rings. The molecule has 0 fully saturated rings. The molecular weight excluding hydrogens is 186 g/mol. The highest BCUT2D eigenvalue weighted by Gasteiger charge is 2.13. The summed E-state index contributed by atoms with van der Waals surface area (Å²) in [5.74, 6) is -0.179. The van der Waals surface area contributed by atoms with E-state index >= 15 is 0 Å². The molecule has 76 valence electrons. The summed E-state index contributed by atoms with van der Waals surface area (Å²) < 4.78 is 0. The average molecular weight is 197 g/mol. The van der Waals surface area contributed by atoms with Crippen molar-refractivity contribution in [2.45, 2.75) is 6.42 Å². The van der Waals surface area contributed by atoms with Crippen LogP contribution in [0.4, 0.5) is 11.4 Å². The number of hydrogen-bond acceptors (Lipinski definition) is 5. The molecule has 5 N–H and O–H groups in total. The van der Waals surface area contributed by atoms with Crippen LogP contribution in [0.2, 0.25) is 0 Å². The molecule has 14 heavy (non-hydrogen) atoms. The van der Waals surface area contributed by atoms with Crippen LogP contribution >= 0.6 is 0 Å². The minimum absolute atomic E-state index is 0.179. The van der Waals surface area contributed by atoms with Gasteiger partial charge < -0.3 is 16.6 Å². The first-order valence-corrected chi connectivity index (χ1v) is 4.02. The fourth-order valence-corrected chi connectivity index (χ4v) is 1.19. The zero-order valence-electron chi connectivity index (χ0n) is 7.43. The lowest BCUT2D eigenvalue weighted by atomic mass is 10.1. The average Bonchev–Trinajstić information content (AvgIpc) is 2.10. The zero-order chi connectivity index (χ0) is 10.7. The van der Waals surface area contributed by atoms with Crippen LogP contribution in [0.15, 0.2) is 12.1 Å². The Morgan fingerprint density at radius 2 is 2.14 bits per heavy atom. The maximum Gasteiger partial charge on any atom is 0.275 e. The Kier molecular flexibility index (Phi) is 2.88. The van der Waals surface area contributed by atoms with Gasteiger partial charge in [0.25, 0.3) is 5.69 Å². The predicted octanol–water partition coefficient (Wildman–Crippen LogP) is 0.384. The van der Waals surface area contributed by atoms with Gasteiger partial charge in [0.1, 0.15) is 5.75 Å². The lowest BCUT2D eigenvalue weighted by Gasteiger charge is -2.06. The molecule has 0 bridgehead atoms. The van der Waals surface area contributed by atoms with Gasteiger partial charge in [0.05, 0.1) is 11.0 Å². The van der Waals surface area contributed by atoms with Gasteiger partial charge in [0, 0.05) is 17.3 Å². The summed E-state index contributed by atoms with van der Waals surface area (Å²) in [4.78, 5) is 9.78. The van der Waals surface area contributed by atoms with Crippen molar-refractivity contribution in [3.8, 4) is 5.75 Å². The fourth-order valence-electron chi connectivity index (χ4n) is 1.19. The number of phenols is 1. The highest BCUT2D eigenvalue weighted by molar-refractivity contribution is 5.60. The van der Waals surface area contributed by atoms with Gasteiger partial charge in [0.2, 0.25) is 0 Å². The minimum Gasteiger partial charge on any atom is -0.507 e. The Morgan fingerprint density at radius 3 is 2.57 bits per heavy atom. The van der Waals surface area contributed by atoms with E-state index in [1.165, 1.54) is 6.07 Å². The summed E-state index contributed by atoms with van der Waals surface area (Å²) in [6.45, 7) is 0.329. The van der Waals surface area contributed by atoms with Gasteiger partial charge in [0.15, 0.2) is 0 Å². The van der Waals surface area contributed by atoms with E-state index in [1.807, 2.05) is 0 Å². The molecule has 1 rings (SSSR count). The van der Waals surface area contributed by atoms with Crippen LogP contribution in [0.1, 0.15) is 5.56 Å². The van der Waals surface area contributed by atoms with Gasteiger partial charge in [-0.1, -0.05) is 0 Å². The smallest absolute Gasteiger partial charge is 0.275 e. The Labute approximate surface area is 80.3 Å². The number of phenolic OH excluding ortho intramolecular Hbond substituents is 1. The van der Waals surface area contributed by atoms with E-state index < -0.39 is 4.92 Å². The number of nitrogens with two attached hydrogens (primary N) is 2. The van der Waals surface area contributed by atoms with Crippen LogP contribution in [0, 0.1) is 10.1 Å². The van der Waals surface area contributed by atoms with E-state index in [0.717, 1.165) is 6.07 Å². The summed E-state index contributed by atoms with van der Waals surface area (Å²) >= 11 is 0. The van der Waals surface area contributed by atoms with Gasteiger partial charge in [-0.25, -0.2) is 0 Å². The van der Waals surface area contributed by atoms with Crippen LogP contribution in [-0.4, -0.2) is 16.6 Å². The second-order valence-electron chi connectivity index (χ2n) is 2.83. The lowest BCUT2D eigenvalue weighted by molar-refractivity contribution is -0.384. The molecule has 0 heterocycles. The highest BCUT2D eigenvalue weighted by Crippen LogP contribution is 2.29. The largest absolute Gasteiger partial charge is 0.507 e. The van der Waals surface area contributed by atoms with E-state index in [2.05, 4.69) is 0 Å². The SMILES string of the molecule is NCCc1c(N)cc([N+](=O)[O-])cc1O. The van der Waals surface area contributed by atoms with Crippen molar-refractivity contribution < 1.29 is 10.0 Å². The van der Waals surface area contributed by atoms with E-state index in [9.17, 15) is 15.2 Å². The molecule has 0 radical (unpaired) electrons. The topological polar surface area (TPSA) is 115 Å². The van der Waals surface area contributed by atoms with Crippen molar-refractivity contribution in [2.75, 3.05) is 12.3 Å². The monoisotopic (exact) mass is 197 g/mol. The second kappa shape index (κ2) is 3.93. The van der Waals surface area contributed by atoms with Crippen LogP contribution in [-0.2, 0) is 6.42 Å². The molecule has 0 amide bonds. The minimum atomic E-state index is -0.609. The molecule has 0 saturated carbocycles. The number of rotatable bonds is 3. The molecule has 0 aliphatic carbocycles. The first-order valence-electron chi connectivity index (χ1n) is 4.02. The van der Waals surface area contributed by atoms with E-state index in [4.69, 9.17) is 11.5 Å². The quantitative estimate of drug-likeness (QED) is 0.368. The van der Waals surface area contributed by atoms with Crippen molar-refractivity contribution in [1.82, 2.24) is 0 Å². The summed E-state index contributed by atoms with van der Waals surface area (Å²) in [5, 5.41) is 19.8. The molecule has 0 aliphatic heterocycles. The Hall–Kier alpha value is -1.82. The first-order chi connectivity index (χ1) is 6.56. The fraction of sp³-hybridized carbons (Fsp3) is 0.250. The van der Waals surface area contributed by atoms with Gasteiger partial charge in [-0.15, -0.1) is 0 Å². The number of nitrogen functional groups attached to an aromatic ring is 1. The molecule has 0 unspecified atom stereocenters. The number of non-ortho nitro benzene ring substituents is 1. The summed E-state index contributed by atoms with van der Waals surface area (Å²) in [6.07, 6.45) is 0.398. The van der Waals surface area contributed by atoms with Crippen LogP contribution in [0.3, 0.4) is 0 Å². The second-order valence-corrected chi connectivity index (χ2v) is 2.83. The molecule has 0 aromatic heterocycles. The Bertz CT molecular complexity index is 342. The number of nitrogens with zero attached hydrogens (tertiary/aromatic N) is 1. The van der Waals surface area contributed by atoms with Gasteiger partial charge in [-0.3, -0.25) is 10.1 Å². The molecule has 6 nitrogen and oxygen atoms in total. The van der Waals surface area contributed by atoms with Gasteiger partial charge in [-0.2, -0.15) is 0 Å². The highest BCUT2D eigenvalue weighted by atomic mass is 16.6. The molecule has 1 aromatic rings. The lowest BCUT2D eigenvalue weighted by Crippen LogP contribution is -2.06. The number of aromatic hydroxyl groups is 1. The first kappa shape index (κ1) is 10.3. The Balaban J connectivity index is 3.18. The van der Waals surface area contributed by atoms with Crippen LogP contribution in [0.5, 0.6) is 5.75 Å². The normalized spacial score (nSPS) is 10.1. The van der Waals surface area contributed by atoms with Crippen LogP contribution in [0.25, 0.3) is 0 Å². The number of anilines is 1. The zero-order valence-corrected chi connectivity index (χ0v) is 7.43. The van der Waals surface area contributed by atoms with Crippen molar-refractivity contribution in [3.05, 3.63) is 27.8 Å². The number of nitro groups is 1. The number of hydrogen-bond donors (Lipinski definition) is 3. The van der Waals surface area contributed by atoms with E-state index in [-0.39, 0.29) is 17.1 Å². The molecule has 0 atom stereocenters. The van der Waals surface area contributed by atoms with Crippen molar-refractivity contribution >= 4 is 11.4 Å². The summed E-state index contributed by atoms with van der Waals surface area (Å²) in [6, 6.07) is 2.28. The van der Waals surface area contributed by atoms with E-state index in [1.54, 1.807) is 0 Å². The number of benzene rings is 1. The molecule has 0 saturated heterocycles.